The largest absolute Gasteiger partial charge is 0.462 e. The van der Waals surface area contributed by atoms with E-state index in [9.17, 15) is 9.59 Å². The molecule has 0 fully saturated rings. The molecule has 1 aromatic heterocycles. The number of ether oxygens (including phenoxy) is 1. The summed E-state index contributed by atoms with van der Waals surface area (Å²) in [4.78, 5) is 31.3. The highest BCUT2D eigenvalue weighted by Crippen LogP contribution is 2.37. The van der Waals surface area contributed by atoms with E-state index >= 15 is 0 Å². The van der Waals surface area contributed by atoms with Crippen LogP contribution in [-0.2, 0) is 4.74 Å². The van der Waals surface area contributed by atoms with Gasteiger partial charge in [0.25, 0.3) is 5.91 Å². The topological polar surface area (TPSA) is 71.5 Å². The van der Waals surface area contributed by atoms with Gasteiger partial charge < -0.3 is 10.1 Å². The molecule has 1 N–H and O–H groups in total. The number of pyridine rings is 1. The van der Waals surface area contributed by atoms with E-state index < -0.39 is 6.17 Å². The smallest absolute Gasteiger partial charge is 0.338 e. The fraction of sp³-hybridized carbons (Fsp3) is 0.174. The van der Waals surface area contributed by atoms with Crippen molar-refractivity contribution >= 4 is 23.3 Å². The normalized spacial score (nSPS) is 15.2. The van der Waals surface area contributed by atoms with Crippen LogP contribution >= 0.6 is 0 Å². The van der Waals surface area contributed by atoms with Crippen LogP contribution in [0.25, 0.3) is 0 Å². The predicted octanol–water partition coefficient (Wildman–Crippen LogP) is 4.34. The first kappa shape index (κ1) is 18.7. The van der Waals surface area contributed by atoms with Gasteiger partial charge in [-0.25, -0.2) is 4.79 Å². The maximum Gasteiger partial charge on any atom is 0.338 e. The molecule has 1 aliphatic rings. The second-order valence-corrected chi connectivity index (χ2v) is 6.80. The SMILES string of the molecule is CCOC(=O)c1cccc(NC2c3ncccc3C(=O)N2c2ccc(C)cc2)c1. The summed E-state index contributed by atoms with van der Waals surface area (Å²) in [6.45, 7) is 4.08. The third-order valence-corrected chi connectivity index (χ3v) is 4.79. The van der Waals surface area contributed by atoms with Crippen molar-refractivity contribution < 1.29 is 14.3 Å². The number of rotatable bonds is 5. The number of nitrogens with one attached hydrogen (secondary N) is 1. The van der Waals surface area contributed by atoms with Gasteiger partial charge in [0.15, 0.2) is 6.17 Å². The van der Waals surface area contributed by atoms with Gasteiger partial charge in [-0.15, -0.1) is 0 Å². The van der Waals surface area contributed by atoms with Gasteiger partial charge in [-0.2, -0.15) is 0 Å². The molecule has 1 aliphatic heterocycles. The maximum absolute atomic E-state index is 13.1. The molecule has 29 heavy (non-hydrogen) atoms. The summed E-state index contributed by atoms with van der Waals surface area (Å²) >= 11 is 0. The highest BCUT2D eigenvalue weighted by molar-refractivity contribution is 6.11. The summed E-state index contributed by atoms with van der Waals surface area (Å²) in [6.07, 6.45) is 1.19. The Morgan fingerprint density at radius 2 is 1.93 bits per heavy atom. The molecular weight excluding hydrogens is 366 g/mol. The van der Waals surface area contributed by atoms with Crippen molar-refractivity contribution in [2.24, 2.45) is 0 Å². The first-order chi connectivity index (χ1) is 14.1. The third kappa shape index (κ3) is 3.57. The number of amides is 1. The molecular formula is C23H21N3O3. The van der Waals surface area contributed by atoms with E-state index in [4.69, 9.17) is 4.74 Å². The summed E-state index contributed by atoms with van der Waals surface area (Å²) in [7, 11) is 0. The van der Waals surface area contributed by atoms with E-state index in [1.54, 1.807) is 48.4 Å². The van der Waals surface area contributed by atoms with Gasteiger partial charge in [-0.3, -0.25) is 14.7 Å². The number of carbonyl (C=O) groups excluding carboxylic acids is 2. The number of benzene rings is 2. The lowest BCUT2D eigenvalue weighted by molar-refractivity contribution is 0.0526. The third-order valence-electron chi connectivity index (χ3n) is 4.79. The van der Waals surface area contributed by atoms with Crippen LogP contribution in [0.2, 0.25) is 0 Å². The fourth-order valence-corrected chi connectivity index (χ4v) is 3.40. The minimum Gasteiger partial charge on any atom is -0.462 e. The molecule has 0 saturated heterocycles. The number of esters is 1. The number of hydrogen-bond acceptors (Lipinski definition) is 5. The highest BCUT2D eigenvalue weighted by atomic mass is 16.5. The molecule has 0 spiro atoms. The number of aryl methyl sites for hydroxylation is 1. The number of aromatic nitrogens is 1. The number of nitrogens with zero attached hydrogens (tertiary/aromatic N) is 2. The van der Waals surface area contributed by atoms with Crippen LogP contribution in [-0.4, -0.2) is 23.5 Å². The Balaban J connectivity index is 1.71. The quantitative estimate of drug-likeness (QED) is 0.660. The molecule has 0 saturated carbocycles. The molecule has 0 bridgehead atoms. The van der Waals surface area contributed by atoms with Crippen molar-refractivity contribution in [3.05, 3.63) is 89.2 Å². The summed E-state index contributed by atoms with van der Waals surface area (Å²) in [5, 5.41) is 3.36. The molecule has 2 aromatic carbocycles. The van der Waals surface area contributed by atoms with Crippen LogP contribution < -0.4 is 10.2 Å². The van der Waals surface area contributed by atoms with E-state index in [1.807, 2.05) is 37.3 Å². The van der Waals surface area contributed by atoms with E-state index in [1.165, 1.54) is 0 Å². The van der Waals surface area contributed by atoms with Crippen LogP contribution in [0.3, 0.4) is 0 Å². The van der Waals surface area contributed by atoms with Crippen molar-refractivity contribution in [1.29, 1.82) is 0 Å². The molecule has 0 aliphatic carbocycles. The zero-order valence-corrected chi connectivity index (χ0v) is 16.3. The minimum atomic E-state index is -0.487. The van der Waals surface area contributed by atoms with E-state index in [2.05, 4.69) is 10.3 Å². The standard InChI is InChI=1S/C23H21N3O3/c1-3-29-23(28)16-6-4-7-17(14-16)25-21-20-19(8-5-13-24-20)22(27)26(21)18-11-9-15(2)10-12-18/h4-14,21,25H,3H2,1-2H3. The van der Waals surface area contributed by atoms with Crippen LogP contribution in [0.15, 0.2) is 66.9 Å². The van der Waals surface area contributed by atoms with Gasteiger partial charge in [0.05, 0.1) is 23.4 Å². The Morgan fingerprint density at radius 3 is 2.69 bits per heavy atom. The van der Waals surface area contributed by atoms with Crippen molar-refractivity contribution in [3.8, 4) is 0 Å². The molecule has 4 rings (SSSR count). The van der Waals surface area contributed by atoms with Gasteiger partial charge in [0.2, 0.25) is 0 Å². The maximum atomic E-state index is 13.1. The summed E-state index contributed by atoms with van der Waals surface area (Å²) in [6, 6.07) is 18.4. The lowest BCUT2D eigenvalue weighted by Gasteiger charge is -2.26. The summed E-state index contributed by atoms with van der Waals surface area (Å²) < 4.78 is 5.08. The second-order valence-electron chi connectivity index (χ2n) is 6.80. The molecule has 3 aromatic rings. The molecule has 0 radical (unpaired) electrons. The van der Waals surface area contributed by atoms with Gasteiger partial charge in [0, 0.05) is 17.6 Å². The van der Waals surface area contributed by atoms with Crippen LogP contribution in [0, 0.1) is 6.92 Å². The number of hydrogen-bond donors (Lipinski definition) is 1. The number of fused-ring (bicyclic) bond motifs is 1. The molecule has 1 amide bonds. The fourth-order valence-electron chi connectivity index (χ4n) is 3.40. The second kappa shape index (κ2) is 7.75. The zero-order valence-electron chi connectivity index (χ0n) is 16.3. The molecule has 6 nitrogen and oxygen atoms in total. The predicted molar refractivity (Wildman–Crippen MR) is 111 cm³/mol. The molecule has 2 heterocycles. The molecule has 146 valence electrons. The van der Waals surface area contributed by atoms with Gasteiger partial charge >= 0.3 is 5.97 Å². The monoisotopic (exact) mass is 387 g/mol. The first-order valence-electron chi connectivity index (χ1n) is 9.47. The minimum absolute atomic E-state index is 0.115. The lowest BCUT2D eigenvalue weighted by Crippen LogP contribution is -2.32. The van der Waals surface area contributed by atoms with Crippen molar-refractivity contribution in [3.63, 3.8) is 0 Å². The average molecular weight is 387 g/mol. The zero-order chi connectivity index (χ0) is 20.4. The molecule has 6 heteroatoms. The Bertz CT molecular complexity index is 1060. The highest BCUT2D eigenvalue weighted by Gasteiger charge is 2.39. The van der Waals surface area contributed by atoms with Crippen LogP contribution in [0.4, 0.5) is 11.4 Å². The average Bonchev–Trinajstić information content (AvgIpc) is 3.01. The number of anilines is 2. The molecule has 1 unspecified atom stereocenters. The van der Waals surface area contributed by atoms with Crippen LogP contribution in [0.5, 0.6) is 0 Å². The van der Waals surface area contributed by atoms with Crippen LogP contribution in [0.1, 0.15) is 45.1 Å². The van der Waals surface area contributed by atoms with Crippen molar-refractivity contribution in [2.45, 2.75) is 20.0 Å². The Morgan fingerprint density at radius 1 is 1.14 bits per heavy atom. The van der Waals surface area contributed by atoms with E-state index in [0.29, 0.717) is 29.1 Å². The Hall–Kier alpha value is -3.67. The molecule has 1 atom stereocenters. The first-order valence-corrected chi connectivity index (χ1v) is 9.47. The summed E-state index contributed by atoms with van der Waals surface area (Å²) in [5.41, 5.74) is 4.25. The van der Waals surface area contributed by atoms with E-state index in [-0.39, 0.29) is 11.9 Å². The van der Waals surface area contributed by atoms with Gasteiger partial charge in [-0.1, -0.05) is 23.8 Å². The summed E-state index contributed by atoms with van der Waals surface area (Å²) in [5.74, 6) is -0.497. The van der Waals surface area contributed by atoms with Gasteiger partial charge in [-0.05, 0) is 56.3 Å². The lowest BCUT2D eigenvalue weighted by atomic mass is 10.1. The Kier molecular flexibility index (Phi) is 4.99. The van der Waals surface area contributed by atoms with Crippen molar-refractivity contribution in [1.82, 2.24) is 4.98 Å². The van der Waals surface area contributed by atoms with Gasteiger partial charge in [0.1, 0.15) is 0 Å². The Labute approximate surface area is 169 Å². The van der Waals surface area contributed by atoms with E-state index in [0.717, 1.165) is 11.3 Å². The van der Waals surface area contributed by atoms with Crippen molar-refractivity contribution in [2.75, 3.05) is 16.8 Å². The number of carbonyl (C=O) groups is 2.